The predicted molar refractivity (Wildman–Crippen MR) is 116 cm³/mol. The van der Waals surface area contributed by atoms with E-state index in [1.165, 1.54) is 30.7 Å². The molecule has 158 valence electrons. The van der Waals surface area contributed by atoms with Crippen LogP contribution in [0.5, 0.6) is 0 Å². The van der Waals surface area contributed by atoms with E-state index in [9.17, 15) is 14.0 Å². The molecule has 1 aromatic carbocycles. The van der Waals surface area contributed by atoms with Gasteiger partial charge in [0.1, 0.15) is 23.2 Å². The van der Waals surface area contributed by atoms with Gasteiger partial charge in [0.25, 0.3) is 5.91 Å². The van der Waals surface area contributed by atoms with Gasteiger partial charge >= 0.3 is 0 Å². The van der Waals surface area contributed by atoms with Gasteiger partial charge in [-0.3, -0.25) is 14.7 Å². The minimum atomic E-state index is -0.395. The van der Waals surface area contributed by atoms with Crippen molar-refractivity contribution in [2.45, 2.75) is 26.9 Å². The van der Waals surface area contributed by atoms with Gasteiger partial charge in [-0.15, -0.1) is 11.3 Å². The summed E-state index contributed by atoms with van der Waals surface area (Å²) in [6.45, 7) is 3.91. The minimum Gasteiger partial charge on any atom is -0.362 e. The number of aromatic amines is 1. The third-order valence-electron chi connectivity index (χ3n) is 4.68. The average molecular weight is 438 g/mol. The third kappa shape index (κ3) is 4.43. The Morgan fingerprint density at radius 2 is 2.00 bits per heavy atom. The van der Waals surface area contributed by atoms with Crippen molar-refractivity contribution in [2.24, 2.45) is 0 Å². The number of carbonyl (C=O) groups is 2. The molecule has 0 bridgehead atoms. The number of hydrogen-bond donors (Lipinski definition) is 3. The first-order valence-corrected chi connectivity index (χ1v) is 10.3. The molecule has 0 aliphatic heterocycles. The summed E-state index contributed by atoms with van der Waals surface area (Å²) < 4.78 is 13.4. The number of halogens is 1. The topological polar surface area (TPSA) is 113 Å². The lowest BCUT2D eigenvalue weighted by atomic mass is 10.1. The highest BCUT2D eigenvalue weighted by Gasteiger charge is 2.17. The summed E-state index contributed by atoms with van der Waals surface area (Å²) in [6.07, 6.45) is 1.30. The van der Waals surface area contributed by atoms with Crippen LogP contribution in [0, 0.1) is 12.7 Å². The number of nitrogens with one attached hydrogen (secondary N) is 3. The van der Waals surface area contributed by atoms with E-state index in [1.807, 2.05) is 6.07 Å². The molecule has 0 unspecified atom stereocenters. The number of benzene rings is 1. The lowest BCUT2D eigenvalue weighted by molar-refractivity contribution is 0.0946. The average Bonchev–Trinajstić information content (AvgIpc) is 3.40. The van der Waals surface area contributed by atoms with Crippen LogP contribution >= 0.6 is 11.3 Å². The van der Waals surface area contributed by atoms with Gasteiger partial charge in [-0.05, 0) is 43.2 Å². The summed E-state index contributed by atoms with van der Waals surface area (Å²) in [5.74, 6) is -0.168. The first-order chi connectivity index (χ1) is 14.9. The van der Waals surface area contributed by atoms with E-state index in [4.69, 9.17) is 0 Å². The van der Waals surface area contributed by atoms with E-state index >= 15 is 0 Å². The summed E-state index contributed by atoms with van der Waals surface area (Å²) in [6, 6.07) is 8.36. The molecule has 3 heterocycles. The summed E-state index contributed by atoms with van der Waals surface area (Å²) in [5, 5.41) is 13.0. The number of rotatable bonds is 7. The SMILES string of the molecule is CC(=O)c1ccc(CNc2n[nH]c3c(C(=O)NCc4ccc(F)c(C)c4)ncnc23)s1. The molecular weight excluding hydrogens is 419 g/mol. The zero-order valence-corrected chi connectivity index (χ0v) is 17.6. The maximum absolute atomic E-state index is 13.4. The van der Waals surface area contributed by atoms with Gasteiger partial charge in [0.15, 0.2) is 17.3 Å². The second kappa shape index (κ2) is 8.60. The number of nitrogens with zero attached hydrogens (tertiary/aromatic N) is 3. The molecule has 0 radical (unpaired) electrons. The van der Waals surface area contributed by atoms with Crippen LogP contribution in [0.2, 0.25) is 0 Å². The zero-order chi connectivity index (χ0) is 22.0. The monoisotopic (exact) mass is 438 g/mol. The van der Waals surface area contributed by atoms with E-state index in [2.05, 4.69) is 30.8 Å². The summed E-state index contributed by atoms with van der Waals surface area (Å²) in [7, 11) is 0. The predicted octanol–water partition coefficient (Wildman–Crippen LogP) is 3.61. The molecule has 0 atom stereocenters. The first kappa shape index (κ1) is 20.6. The van der Waals surface area contributed by atoms with Crippen molar-refractivity contribution in [3.05, 3.63) is 69.1 Å². The van der Waals surface area contributed by atoms with Crippen molar-refractivity contribution in [2.75, 3.05) is 5.32 Å². The molecule has 0 saturated carbocycles. The van der Waals surface area contributed by atoms with Crippen LogP contribution in [0.1, 0.15) is 43.1 Å². The molecule has 0 aliphatic rings. The molecule has 10 heteroatoms. The van der Waals surface area contributed by atoms with Crippen molar-refractivity contribution >= 4 is 39.9 Å². The number of hydrogen-bond acceptors (Lipinski definition) is 7. The number of aryl methyl sites for hydroxylation is 1. The molecule has 31 heavy (non-hydrogen) atoms. The number of Topliss-reactive ketones (excluding diaryl/α,β-unsaturated/α-hetero) is 1. The lowest BCUT2D eigenvalue weighted by Crippen LogP contribution is -2.24. The lowest BCUT2D eigenvalue weighted by Gasteiger charge is -2.07. The van der Waals surface area contributed by atoms with Gasteiger partial charge in [0.2, 0.25) is 0 Å². The third-order valence-corrected chi connectivity index (χ3v) is 5.87. The van der Waals surface area contributed by atoms with Crippen LogP contribution < -0.4 is 10.6 Å². The quantitative estimate of drug-likeness (QED) is 0.380. The Balaban J connectivity index is 1.47. The number of carbonyl (C=O) groups excluding carboxylic acids is 2. The van der Waals surface area contributed by atoms with Crippen molar-refractivity contribution in [1.82, 2.24) is 25.5 Å². The number of anilines is 1. The number of ketones is 1. The second-order valence-corrected chi connectivity index (χ2v) is 8.13. The van der Waals surface area contributed by atoms with Gasteiger partial charge < -0.3 is 10.6 Å². The molecule has 3 N–H and O–H groups in total. The van der Waals surface area contributed by atoms with Gasteiger partial charge in [-0.25, -0.2) is 14.4 Å². The number of thiophene rings is 1. The minimum absolute atomic E-state index is 0.0284. The zero-order valence-electron chi connectivity index (χ0n) is 16.8. The molecule has 4 rings (SSSR count). The number of H-pyrrole nitrogens is 1. The number of amides is 1. The normalized spacial score (nSPS) is 10.9. The first-order valence-electron chi connectivity index (χ1n) is 9.48. The molecule has 3 aromatic heterocycles. The molecule has 0 spiro atoms. The van der Waals surface area contributed by atoms with Crippen molar-refractivity contribution in [3.8, 4) is 0 Å². The summed E-state index contributed by atoms with van der Waals surface area (Å²) in [4.78, 5) is 34.1. The highest BCUT2D eigenvalue weighted by molar-refractivity contribution is 7.14. The fraction of sp³-hybridized carbons (Fsp3) is 0.190. The Bertz CT molecular complexity index is 1280. The van der Waals surface area contributed by atoms with E-state index in [1.54, 1.807) is 25.1 Å². The van der Waals surface area contributed by atoms with E-state index in [0.29, 0.717) is 33.8 Å². The Morgan fingerprint density at radius 1 is 1.16 bits per heavy atom. The van der Waals surface area contributed by atoms with Crippen LogP contribution in [0.25, 0.3) is 11.0 Å². The summed E-state index contributed by atoms with van der Waals surface area (Å²) >= 11 is 1.41. The second-order valence-electron chi connectivity index (χ2n) is 6.96. The molecule has 0 saturated heterocycles. The van der Waals surface area contributed by atoms with Crippen molar-refractivity contribution in [1.29, 1.82) is 0 Å². The van der Waals surface area contributed by atoms with Gasteiger partial charge in [-0.2, -0.15) is 5.10 Å². The Labute approximate surface area is 180 Å². The Hall–Kier alpha value is -3.66. The Kier molecular flexibility index (Phi) is 5.72. The maximum Gasteiger partial charge on any atom is 0.272 e. The van der Waals surface area contributed by atoms with Gasteiger partial charge in [0.05, 0.1) is 11.4 Å². The largest absolute Gasteiger partial charge is 0.362 e. The van der Waals surface area contributed by atoms with Crippen molar-refractivity contribution in [3.63, 3.8) is 0 Å². The van der Waals surface area contributed by atoms with Crippen LogP contribution in [0.15, 0.2) is 36.7 Å². The smallest absolute Gasteiger partial charge is 0.272 e. The fourth-order valence-corrected chi connectivity index (χ4v) is 3.89. The van der Waals surface area contributed by atoms with E-state index < -0.39 is 5.91 Å². The molecule has 0 fully saturated rings. The molecule has 8 nitrogen and oxygen atoms in total. The van der Waals surface area contributed by atoms with E-state index in [0.717, 1.165) is 10.4 Å². The molecular formula is C21H19FN6O2S. The molecule has 0 aliphatic carbocycles. The van der Waals surface area contributed by atoms with E-state index in [-0.39, 0.29) is 23.8 Å². The molecule has 4 aromatic rings. The van der Waals surface area contributed by atoms with Crippen LogP contribution in [-0.2, 0) is 13.1 Å². The van der Waals surface area contributed by atoms with Gasteiger partial charge in [-0.1, -0.05) is 12.1 Å². The highest BCUT2D eigenvalue weighted by atomic mass is 32.1. The number of aromatic nitrogens is 4. The van der Waals surface area contributed by atoms with Crippen LogP contribution in [0.3, 0.4) is 0 Å². The Morgan fingerprint density at radius 3 is 2.74 bits per heavy atom. The molecule has 1 amide bonds. The van der Waals surface area contributed by atoms with Gasteiger partial charge in [0, 0.05) is 11.4 Å². The fourth-order valence-electron chi connectivity index (χ4n) is 3.05. The highest BCUT2D eigenvalue weighted by Crippen LogP contribution is 2.22. The summed E-state index contributed by atoms with van der Waals surface area (Å²) in [5.41, 5.74) is 2.36. The van der Waals surface area contributed by atoms with Crippen LogP contribution in [-0.4, -0.2) is 31.9 Å². The standard InChI is InChI=1S/C21H19FN6O2S/c1-11-7-13(3-5-15(11)22)8-24-21(30)19-17-18(25-10-26-19)20(28-27-17)23-9-14-4-6-16(31-14)12(2)29/h3-7,10H,8-9H2,1-2H3,(H,24,30)(H2,23,27,28). The van der Waals surface area contributed by atoms with Crippen molar-refractivity contribution < 1.29 is 14.0 Å². The maximum atomic E-state index is 13.4. The van der Waals surface area contributed by atoms with Crippen LogP contribution in [0.4, 0.5) is 10.2 Å². The number of fused-ring (bicyclic) bond motifs is 1.